The zero-order valence-corrected chi connectivity index (χ0v) is 22.0. The van der Waals surface area contributed by atoms with E-state index in [1.165, 1.54) is 11.1 Å². The summed E-state index contributed by atoms with van der Waals surface area (Å²) in [5.74, 6) is -0.337. The number of hydrogen-bond donors (Lipinski definition) is 2. The number of hydrogen-bond acceptors (Lipinski definition) is 4. The van der Waals surface area contributed by atoms with Crippen LogP contribution < -0.4 is 9.47 Å². The molecule has 0 unspecified atom stereocenters. The number of carboxylic acid groups (broad SMARTS) is 2. The van der Waals surface area contributed by atoms with Crippen molar-refractivity contribution in [2.45, 2.75) is 77.0 Å². The van der Waals surface area contributed by atoms with Crippen molar-refractivity contribution in [2.24, 2.45) is 0 Å². The number of fused-ring (bicyclic) bond motifs is 1. The van der Waals surface area contributed by atoms with Gasteiger partial charge in [-0.2, -0.15) is 0 Å². The lowest BCUT2D eigenvalue weighted by atomic mass is 9.62. The van der Waals surface area contributed by atoms with Gasteiger partial charge in [0.1, 0.15) is 11.5 Å². The average Bonchev–Trinajstić information content (AvgIpc) is 2.82. The van der Waals surface area contributed by atoms with Crippen molar-refractivity contribution in [1.82, 2.24) is 0 Å². The molecule has 0 spiro atoms. The first-order chi connectivity index (χ1) is 16.9. The Morgan fingerprint density at radius 2 is 1.53 bits per heavy atom. The van der Waals surface area contributed by atoms with E-state index in [-0.39, 0.29) is 17.3 Å². The topological polar surface area (TPSA) is 93.1 Å². The molecule has 0 amide bonds. The number of carboxylic acids is 2. The van der Waals surface area contributed by atoms with Crippen LogP contribution in [0.5, 0.6) is 11.5 Å². The summed E-state index contributed by atoms with van der Waals surface area (Å²) in [7, 11) is 1.63. The molecule has 2 aromatic rings. The van der Waals surface area contributed by atoms with E-state index in [1.54, 1.807) is 13.2 Å². The van der Waals surface area contributed by atoms with Crippen molar-refractivity contribution in [3.8, 4) is 22.6 Å². The molecular weight excluding hydrogens is 456 g/mol. The van der Waals surface area contributed by atoms with Crippen molar-refractivity contribution in [2.75, 3.05) is 13.7 Å². The standard InChI is InChI=1S/C30H38O6/c1-29(2)14-15-30(3,4)24-19-26(36-16-8-6-7-9-27(31)32)22(18-23(24)29)21-17-20(11-13-28(33)34)10-12-25(21)35-5/h10-13,17-19H,6-9,14-16H2,1-5H3,(H,31,32)(H,33,34)/b13-11+. The molecule has 6 nitrogen and oxygen atoms in total. The second-order valence-corrected chi connectivity index (χ2v) is 10.8. The summed E-state index contributed by atoms with van der Waals surface area (Å²) in [4.78, 5) is 21.9. The van der Waals surface area contributed by atoms with Gasteiger partial charge in [0.05, 0.1) is 13.7 Å². The molecule has 1 aliphatic carbocycles. The number of ether oxygens (including phenoxy) is 2. The third-order valence-electron chi connectivity index (χ3n) is 7.18. The van der Waals surface area contributed by atoms with Crippen LogP contribution in [0, 0.1) is 0 Å². The van der Waals surface area contributed by atoms with Crippen molar-refractivity contribution in [3.05, 3.63) is 53.1 Å². The first kappa shape index (κ1) is 27.3. The number of rotatable bonds is 11. The van der Waals surface area contributed by atoms with Crippen molar-refractivity contribution >= 4 is 18.0 Å². The highest BCUT2D eigenvalue weighted by molar-refractivity contribution is 5.86. The third-order valence-corrected chi connectivity index (χ3v) is 7.18. The lowest BCUT2D eigenvalue weighted by Gasteiger charge is -2.42. The van der Waals surface area contributed by atoms with E-state index in [0.29, 0.717) is 18.8 Å². The molecule has 3 rings (SSSR count). The first-order valence-corrected chi connectivity index (χ1v) is 12.6. The van der Waals surface area contributed by atoms with Crippen molar-refractivity contribution < 1.29 is 29.3 Å². The molecule has 0 atom stereocenters. The fraction of sp³-hybridized carbons (Fsp3) is 0.467. The van der Waals surface area contributed by atoms with Crippen LogP contribution in [0.2, 0.25) is 0 Å². The van der Waals surface area contributed by atoms with Crippen LogP contribution in [-0.4, -0.2) is 35.9 Å². The molecule has 36 heavy (non-hydrogen) atoms. The highest BCUT2D eigenvalue weighted by atomic mass is 16.5. The molecule has 0 radical (unpaired) electrons. The fourth-order valence-corrected chi connectivity index (χ4v) is 4.87. The monoisotopic (exact) mass is 494 g/mol. The lowest BCUT2D eigenvalue weighted by molar-refractivity contribution is -0.137. The maximum absolute atomic E-state index is 11.1. The van der Waals surface area contributed by atoms with Crippen LogP contribution in [0.25, 0.3) is 17.2 Å². The quantitative estimate of drug-likeness (QED) is 0.263. The lowest BCUT2D eigenvalue weighted by Crippen LogP contribution is -2.34. The first-order valence-electron chi connectivity index (χ1n) is 12.6. The maximum Gasteiger partial charge on any atom is 0.328 e. The van der Waals surface area contributed by atoms with Gasteiger partial charge in [0.25, 0.3) is 0 Å². The van der Waals surface area contributed by atoms with E-state index in [2.05, 4.69) is 39.8 Å². The molecule has 0 aliphatic heterocycles. The molecular formula is C30H38O6. The van der Waals surface area contributed by atoms with Crippen molar-refractivity contribution in [3.63, 3.8) is 0 Å². The number of benzene rings is 2. The van der Waals surface area contributed by atoms with E-state index in [9.17, 15) is 9.59 Å². The van der Waals surface area contributed by atoms with E-state index in [1.807, 2.05) is 18.2 Å². The highest BCUT2D eigenvalue weighted by Gasteiger charge is 2.38. The molecule has 0 fully saturated rings. The van der Waals surface area contributed by atoms with E-state index < -0.39 is 11.9 Å². The maximum atomic E-state index is 11.1. The van der Waals surface area contributed by atoms with Crippen LogP contribution in [0.15, 0.2) is 36.4 Å². The largest absolute Gasteiger partial charge is 0.496 e. The summed E-state index contributed by atoms with van der Waals surface area (Å²) >= 11 is 0. The molecule has 0 aromatic heterocycles. The number of aliphatic carboxylic acids is 2. The van der Waals surface area contributed by atoms with Crippen LogP contribution in [0.4, 0.5) is 0 Å². The summed E-state index contributed by atoms with van der Waals surface area (Å²) < 4.78 is 12.0. The normalized spacial score (nSPS) is 15.9. The zero-order chi connectivity index (χ0) is 26.5. The number of unbranched alkanes of at least 4 members (excludes halogenated alkanes) is 2. The number of carbonyl (C=O) groups is 2. The smallest absolute Gasteiger partial charge is 0.328 e. The minimum atomic E-state index is -1.00. The molecule has 0 saturated heterocycles. The molecule has 194 valence electrons. The van der Waals surface area contributed by atoms with Gasteiger partial charge in [-0.1, -0.05) is 33.8 Å². The second-order valence-electron chi connectivity index (χ2n) is 10.8. The van der Waals surface area contributed by atoms with Gasteiger partial charge < -0.3 is 19.7 Å². The molecule has 1 aliphatic rings. The van der Waals surface area contributed by atoms with Gasteiger partial charge in [-0.25, -0.2) is 4.79 Å². The van der Waals surface area contributed by atoms with Gasteiger partial charge in [-0.3, -0.25) is 4.79 Å². The Kier molecular flexibility index (Phi) is 8.49. The Bertz CT molecular complexity index is 1140. The van der Waals surface area contributed by atoms with Crippen LogP contribution in [0.1, 0.15) is 82.9 Å². The highest BCUT2D eigenvalue weighted by Crippen LogP contribution is 2.50. The SMILES string of the molecule is COc1ccc(/C=C/C(=O)O)cc1-c1cc2c(cc1OCCCCCC(=O)O)C(C)(C)CCC2(C)C. The minimum absolute atomic E-state index is 0.00300. The molecule has 2 N–H and O–H groups in total. The van der Waals surface area contributed by atoms with Crippen LogP contribution in [-0.2, 0) is 20.4 Å². The molecule has 0 bridgehead atoms. The second kappa shape index (κ2) is 11.2. The van der Waals surface area contributed by atoms with Gasteiger partial charge in [0.2, 0.25) is 0 Å². The summed E-state index contributed by atoms with van der Waals surface area (Å²) in [6, 6.07) is 10.00. The molecule has 0 saturated carbocycles. The Morgan fingerprint density at radius 1 is 0.889 bits per heavy atom. The van der Waals surface area contributed by atoms with Gasteiger partial charge >= 0.3 is 11.9 Å². The number of methoxy groups -OCH3 is 1. The third kappa shape index (κ3) is 6.48. The Balaban J connectivity index is 2.08. The Morgan fingerprint density at radius 3 is 2.14 bits per heavy atom. The van der Waals surface area contributed by atoms with Gasteiger partial charge in [0.15, 0.2) is 0 Å². The van der Waals surface area contributed by atoms with Crippen LogP contribution in [0.3, 0.4) is 0 Å². The van der Waals surface area contributed by atoms with Crippen molar-refractivity contribution in [1.29, 1.82) is 0 Å². The predicted molar refractivity (Wildman–Crippen MR) is 142 cm³/mol. The summed E-state index contributed by atoms with van der Waals surface area (Å²) in [6.07, 6.45) is 7.19. The van der Waals surface area contributed by atoms with Crippen LogP contribution >= 0.6 is 0 Å². The molecule has 0 heterocycles. The van der Waals surface area contributed by atoms with Gasteiger partial charge in [0, 0.05) is 23.6 Å². The summed E-state index contributed by atoms with van der Waals surface area (Å²) in [6.45, 7) is 9.58. The van der Waals surface area contributed by atoms with Gasteiger partial charge in [-0.15, -0.1) is 0 Å². The molecule has 6 heteroatoms. The fourth-order valence-electron chi connectivity index (χ4n) is 4.87. The predicted octanol–water partition coefficient (Wildman–Crippen LogP) is 6.83. The summed E-state index contributed by atoms with van der Waals surface area (Å²) in [5.41, 5.74) is 5.09. The van der Waals surface area contributed by atoms with Gasteiger partial charge in [-0.05, 0) is 90.0 Å². The Labute approximate surface area is 214 Å². The van der Waals surface area contributed by atoms with E-state index in [0.717, 1.165) is 54.2 Å². The van der Waals surface area contributed by atoms with E-state index in [4.69, 9.17) is 19.7 Å². The minimum Gasteiger partial charge on any atom is -0.496 e. The molecule has 2 aromatic carbocycles. The summed E-state index contributed by atoms with van der Waals surface area (Å²) in [5, 5.41) is 17.9. The zero-order valence-electron chi connectivity index (χ0n) is 22.0. The Hall–Kier alpha value is -3.28. The van der Waals surface area contributed by atoms with E-state index >= 15 is 0 Å². The average molecular weight is 495 g/mol.